The van der Waals surface area contributed by atoms with E-state index in [1.165, 1.54) is 5.56 Å². The van der Waals surface area contributed by atoms with E-state index in [0.29, 0.717) is 0 Å². The molecule has 0 aliphatic carbocycles. The van der Waals surface area contributed by atoms with Crippen LogP contribution in [-0.2, 0) is 17.6 Å². The highest BCUT2D eigenvalue weighted by Gasteiger charge is 2.10. The van der Waals surface area contributed by atoms with Gasteiger partial charge in [0, 0.05) is 11.7 Å². The number of amides is 3. The van der Waals surface area contributed by atoms with Gasteiger partial charge in [0.1, 0.15) is 0 Å². The van der Waals surface area contributed by atoms with Crippen molar-refractivity contribution in [2.45, 2.75) is 39.2 Å². The van der Waals surface area contributed by atoms with Crippen molar-refractivity contribution in [2.75, 3.05) is 11.9 Å². The van der Waals surface area contributed by atoms with Gasteiger partial charge in [-0.25, -0.2) is 4.79 Å². The quantitative estimate of drug-likeness (QED) is 0.680. The second-order valence-electron chi connectivity index (χ2n) is 6.31. The van der Waals surface area contributed by atoms with Gasteiger partial charge >= 0.3 is 6.03 Å². The fourth-order valence-corrected chi connectivity index (χ4v) is 2.68. The number of carbonyl (C=O) groups is 2. The van der Waals surface area contributed by atoms with E-state index in [-0.39, 0.29) is 24.5 Å². The minimum absolute atomic E-state index is 0.0269. The van der Waals surface area contributed by atoms with Crippen LogP contribution in [0.25, 0.3) is 0 Å². The van der Waals surface area contributed by atoms with Gasteiger partial charge in [0.05, 0.1) is 6.54 Å². The zero-order chi connectivity index (χ0) is 18.8. The molecule has 0 spiro atoms. The first-order valence-corrected chi connectivity index (χ1v) is 9.04. The second kappa shape index (κ2) is 10.2. The van der Waals surface area contributed by atoms with E-state index < -0.39 is 0 Å². The van der Waals surface area contributed by atoms with Crippen LogP contribution >= 0.6 is 0 Å². The number of nitrogens with one attached hydrogen (secondary N) is 3. The van der Waals surface area contributed by atoms with Crippen molar-refractivity contribution in [3.8, 4) is 0 Å². The van der Waals surface area contributed by atoms with Crippen molar-refractivity contribution in [3.05, 3.63) is 65.7 Å². The van der Waals surface area contributed by atoms with Crippen molar-refractivity contribution in [3.63, 3.8) is 0 Å². The Morgan fingerprint density at radius 1 is 1.00 bits per heavy atom. The first kappa shape index (κ1) is 19.5. The normalized spacial score (nSPS) is 11.5. The summed E-state index contributed by atoms with van der Waals surface area (Å²) in [6.45, 7) is 3.93. The standard InChI is InChI=1S/C21H27N3O2/c1-3-18-11-7-8-12-19(18)24-20(25)15-22-21(26)23-16(2)13-14-17-9-5-4-6-10-17/h4-12,16H,3,13-15H2,1-2H3,(H,24,25)(H2,22,23,26). The molecule has 1 atom stereocenters. The van der Waals surface area contributed by atoms with Gasteiger partial charge in [0.2, 0.25) is 5.91 Å². The fourth-order valence-electron chi connectivity index (χ4n) is 2.68. The van der Waals surface area contributed by atoms with Crippen LogP contribution < -0.4 is 16.0 Å². The van der Waals surface area contributed by atoms with Crippen LogP contribution in [0, 0.1) is 0 Å². The van der Waals surface area contributed by atoms with E-state index in [1.807, 2.05) is 56.3 Å². The number of para-hydroxylation sites is 1. The Morgan fingerprint density at radius 3 is 2.42 bits per heavy atom. The molecule has 26 heavy (non-hydrogen) atoms. The Morgan fingerprint density at radius 2 is 1.69 bits per heavy atom. The summed E-state index contributed by atoms with van der Waals surface area (Å²) in [6, 6.07) is 17.5. The molecular formula is C21H27N3O2. The van der Waals surface area contributed by atoms with E-state index in [9.17, 15) is 9.59 Å². The van der Waals surface area contributed by atoms with Gasteiger partial charge in [0.25, 0.3) is 0 Å². The predicted octanol–water partition coefficient (Wildman–Crippen LogP) is 3.51. The highest BCUT2D eigenvalue weighted by atomic mass is 16.2. The third-order valence-corrected chi connectivity index (χ3v) is 4.17. The van der Waals surface area contributed by atoms with Crippen LogP contribution in [0.3, 0.4) is 0 Å². The number of carbonyl (C=O) groups excluding carboxylic acids is 2. The largest absolute Gasteiger partial charge is 0.336 e. The third-order valence-electron chi connectivity index (χ3n) is 4.17. The Hall–Kier alpha value is -2.82. The lowest BCUT2D eigenvalue weighted by Gasteiger charge is -2.15. The van der Waals surface area contributed by atoms with Crippen molar-refractivity contribution < 1.29 is 9.59 Å². The van der Waals surface area contributed by atoms with E-state index in [4.69, 9.17) is 0 Å². The van der Waals surface area contributed by atoms with Crippen LogP contribution in [0.5, 0.6) is 0 Å². The number of hydrogen-bond donors (Lipinski definition) is 3. The highest BCUT2D eigenvalue weighted by Crippen LogP contribution is 2.14. The monoisotopic (exact) mass is 353 g/mol. The van der Waals surface area contributed by atoms with Gasteiger partial charge in [-0.05, 0) is 43.4 Å². The Labute approximate surface area is 155 Å². The molecule has 0 saturated heterocycles. The summed E-state index contributed by atoms with van der Waals surface area (Å²) in [5, 5.41) is 8.30. The zero-order valence-electron chi connectivity index (χ0n) is 15.4. The molecule has 3 amide bonds. The van der Waals surface area contributed by atoms with Gasteiger partial charge in [-0.1, -0.05) is 55.5 Å². The number of urea groups is 1. The lowest BCUT2D eigenvalue weighted by atomic mass is 10.1. The molecule has 5 nitrogen and oxygen atoms in total. The van der Waals surface area contributed by atoms with E-state index in [1.54, 1.807) is 0 Å². The molecule has 0 aliphatic rings. The fraction of sp³-hybridized carbons (Fsp3) is 0.333. The van der Waals surface area contributed by atoms with Gasteiger partial charge in [-0.15, -0.1) is 0 Å². The summed E-state index contributed by atoms with van der Waals surface area (Å²) in [5.41, 5.74) is 3.11. The number of hydrogen-bond acceptors (Lipinski definition) is 2. The van der Waals surface area contributed by atoms with Gasteiger partial charge in [-0.3, -0.25) is 4.79 Å². The molecule has 2 aromatic carbocycles. The maximum atomic E-state index is 12.0. The average molecular weight is 353 g/mol. The average Bonchev–Trinajstić information content (AvgIpc) is 2.66. The van der Waals surface area contributed by atoms with E-state index >= 15 is 0 Å². The molecule has 0 fully saturated rings. The molecule has 2 rings (SSSR count). The number of aryl methyl sites for hydroxylation is 2. The Balaban J connectivity index is 1.69. The molecule has 0 bridgehead atoms. The number of anilines is 1. The second-order valence-corrected chi connectivity index (χ2v) is 6.31. The third kappa shape index (κ3) is 6.59. The first-order chi connectivity index (χ1) is 12.6. The first-order valence-electron chi connectivity index (χ1n) is 9.04. The smallest absolute Gasteiger partial charge is 0.315 e. The zero-order valence-corrected chi connectivity index (χ0v) is 15.4. The molecule has 0 aliphatic heterocycles. The number of rotatable bonds is 8. The molecule has 0 radical (unpaired) electrons. The van der Waals surface area contributed by atoms with Gasteiger partial charge in [0.15, 0.2) is 0 Å². The predicted molar refractivity (Wildman–Crippen MR) is 105 cm³/mol. The highest BCUT2D eigenvalue weighted by molar-refractivity contribution is 5.94. The van der Waals surface area contributed by atoms with Crippen molar-refractivity contribution in [1.82, 2.24) is 10.6 Å². The van der Waals surface area contributed by atoms with Crippen molar-refractivity contribution in [2.24, 2.45) is 0 Å². The van der Waals surface area contributed by atoms with Crippen molar-refractivity contribution >= 4 is 17.6 Å². The van der Waals surface area contributed by atoms with Crippen LogP contribution in [0.1, 0.15) is 31.4 Å². The summed E-state index contributed by atoms with van der Waals surface area (Å²) in [4.78, 5) is 24.0. The summed E-state index contributed by atoms with van der Waals surface area (Å²) in [5.74, 6) is -0.238. The Bertz CT molecular complexity index is 716. The van der Waals surface area contributed by atoms with Crippen LogP contribution in [-0.4, -0.2) is 24.5 Å². The molecule has 0 saturated carbocycles. The summed E-state index contributed by atoms with van der Waals surface area (Å²) >= 11 is 0. The van der Waals surface area contributed by atoms with Gasteiger partial charge in [-0.2, -0.15) is 0 Å². The topological polar surface area (TPSA) is 70.2 Å². The Kier molecular flexibility index (Phi) is 7.68. The number of benzene rings is 2. The lowest BCUT2D eigenvalue weighted by molar-refractivity contribution is -0.115. The molecule has 3 N–H and O–H groups in total. The SMILES string of the molecule is CCc1ccccc1NC(=O)CNC(=O)NC(C)CCc1ccccc1. The molecule has 2 aromatic rings. The summed E-state index contributed by atoms with van der Waals surface area (Å²) in [7, 11) is 0. The molecule has 138 valence electrons. The lowest BCUT2D eigenvalue weighted by Crippen LogP contribution is -2.43. The molecule has 5 heteroatoms. The maximum absolute atomic E-state index is 12.0. The minimum atomic E-state index is -0.329. The molecule has 1 unspecified atom stereocenters. The van der Waals surface area contributed by atoms with E-state index in [2.05, 4.69) is 28.1 Å². The minimum Gasteiger partial charge on any atom is -0.336 e. The van der Waals surface area contributed by atoms with Crippen LogP contribution in [0.4, 0.5) is 10.5 Å². The van der Waals surface area contributed by atoms with Crippen molar-refractivity contribution in [1.29, 1.82) is 0 Å². The summed E-state index contributed by atoms with van der Waals surface area (Å²) < 4.78 is 0. The molecule has 0 heterocycles. The van der Waals surface area contributed by atoms with Crippen LogP contribution in [0.2, 0.25) is 0 Å². The van der Waals surface area contributed by atoms with E-state index in [0.717, 1.165) is 30.5 Å². The summed E-state index contributed by atoms with van der Waals surface area (Å²) in [6.07, 6.45) is 2.58. The molecular weight excluding hydrogens is 326 g/mol. The molecule has 0 aromatic heterocycles. The van der Waals surface area contributed by atoms with Crippen LogP contribution in [0.15, 0.2) is 54.6 Å². The van der Waals surface area contributed by atoms with Gasteiger partial charge < -0.3 is 16.0 Å². The maximum Gasteiger partial charge on any atom is 0.315 e.